The van der Waals surface area contributed by atoms with E-state index in [-0.39, 0.29) is 39.9 Å². The van der Waals surface area contributed by atoms with Crippen molar-refractivity contribution in [2.45, 2.75) is 261 Å². The van der Waals surface area contributed by atoms with Crippen molar-refractivity contribution in [3.8, 4) is 0 Å². The van der Waals surface area contributed by atoms with Crippen molar-refractivity contribution < 1.29 is 109 Å². The maximum Gasteiger partial charge on any atom is 0.187 e. The topological polar surface area (TPSA) is 357 Å². The van der Waals surface area contributed by atoms with Crippen LogP contribution >= 0.6 is 0 Å². The number of allylic oxidation sites excluding steroid dienone is 2. The van der Waals surface area contributed by atoms with Gasteiger partial charge in [-0.05, 0) is 131 Å². The van der Waals surface area contributed by atoms with Crippen molar-refractivity contribution in [3.05, 3.63) is 11.6 Å². The largest absolute Gasteiger partial charge is 0.394 e. The molecule has 0 spiro atoms. The SMILES string of the molecule is CC(C)=CCCC(C)(OC1OC(CO)C(O)C(O)C1O)C1CCC2(C)C1C(O)CC1C3(C)CCC(OC4OC(COC5OC(C)C(O)C(O)C5OC5OC(CO)C(O)C(O)C5O)C(O)C(O)C4O)C(C)(C)C3CCC12C. The van der Waals surface area contributed by atoms with Crippen LogP contribution in [0.3, 0.4) is 0 Å². The molecule has 4 saturated heterocycles. The summed E-state index contributed by atoms with van der Waals surface area (Å²) >= 11 is 0. The number of ether oxygens (including phenoxy) is 8. The molecular weight excluding hydrogens is 1000 g/mol. The fourth-order valence-electron chi connectivity index (χ4n) is 16.2. The van der Waals surface area contributed by atoms with Gasteiger partial charge in [0.25, 0.3) is 0 Å². The fourth-order valence-corrected chi connectivity index (χ4v) is 16.2. The van der Waals surface area contributed by atoms with E-state index in [2.05, 4.69) is 40.7 Å². The van der Waals surface area contributed by atoms with Crippen LogP contribution < -0.4 is 0 Å². The summed E-state index contributed by atoms with van der Waals surface area (Å²) in [7, 11) is 0. The Morgan fingerprint density at radius 1 is 0.579 bits per heavy atom. The summed E-state index contributed by atoms with van der Waals surface area (Å²) in [6.07, 6.45) is -23.7. The minimum atomic E-state index is -1.85. The van der Waals surface area contributed by atoms with Crippen LogP contribution in [0.5, 0.6) is 0 Å². The lowest BCUT2D eigenvalue weighted by atomic mass is 9.35. The van der Waals surface area contributed by atoms with E-state index in [1.807, 2.05) is 20.8 Å². The highest BCUT2D eigenvalue weighted by atomic mass is 16.8. The van der Waals surface area contributed by atoms with Crippen molar-refractivity contribution in [2.24, 2.45) is 45.3 Å². The van der Waals surface area contributed by atoms with Crippen molar-refractivity contribution in [1.29, 1.82) is 0 Å². The van der Waals surface area contributed by atoms with E-state index in [0.29, 0.717) is 32.1 Å². The maximum atomic E-state index is 12.7. The first-order valence-corrected chi connectivity index (χ1v) is 27.7. The maximum absolute atomic E-state index is 12.7. The summed E-state index contributed by atoms with van der Waals surface area (Å²) in [5.41, 5.74) is -1.20. The Bertz CT molecular complexity index is 1980. The Kier molecular flexibility index (Phi) is 18.4. The number of fused-ring (bicyclic) bond motifs is 5. The quantitative estimate of drug-likeness (QED) is 0.0678. The van der Waals surface area contributed by atoms with Gasteiger partial charge in [-0.2, -0.15) is 0 Å². The highest BCUT2D eigenvalue weighted by Crippen LogP contribution is 2.76. The number of rotatable bonds is 15. The lowest BCUT2D eigenvalue weighted by Crippen LogP contribution is -2.67. The van der Waals surface area contributed by atoms with E-state index in [0.717, 1.165) is 31.3 Å². The van der Waals surface area contributed by atoms with Gasteiger partial charge in [0.05, 0.1) is 43.7 Å². The zero-order chi connectivity index (χ0) is 55.9. The molecule has 4 aliphatic heterocycles. The van der Waals surface area contributed by atoms with Gasteiger partial charge in [-0.3, -0.25) is 0 Å². The van der Waals surface area contributed by atoms with Crippen molar-refractivity contribution in [3.63, 3.8) is 0 Å². The zero-order valence-corrected chi connectivity index (χ0v) is 45.6. The van der Waals surface area contributed by atoms with Gasteiger partial charge in [0.2, 0.25) is 0 Å². The normalized spacial score (nSPS) is 53.2. The smallest absolute Gasteiger partial charge is 0.187 e. The molecule has 8 rings (SSSR count). The molecule has 30 atom stereocenters. The van der Waals surface area contributed by atoms with Crippen LogP contribution in [-0.2, 0) is 37.9 Å². The molecule has 0 radical (unpaired) electrons. The van der Waals surface area contributed by atoms with E-state index in [9.17, 15) is 71.5 Å². The van der Waals surface area contributed by atoms with Crippen molar-refractivity contribution in [1.82, 2.24) is 0 Å². The van der Waals surface area contributed by atoms with Gasteiger partial charge in [0, 0.05) is 0 Å². The molecule has 76 heavy (non-hydrogen) atoms. The van der Waals surface area contributed by atoms with E-state index < -0.39 is 166 Å². The third kappa shape index (κ3) is 10.5. The van der Waals surface area contributed by atoms with Gasteiger partial charge in [-0.1, -0.05) is 46.3 Å². The Labute approximate surface area is 445 Å². The Morgan fingerprint density at radius 3 is 1.71 bits per heavy atom. The molecule has 14 N–H and O–H groups in total. The molecule has 0 bridgehead atoms. The summed E-state index contributed by atoms with van der Waals surface area (Å²) in [5, 5.41) is 152. The molecule has 30 unspecified atom stereocenters. The van der Waals surface area contributed by atoms with Gasteiger partial charge < -0.3 is 109 Å². The van der Waals surface area contributed by atoms with Crippen molar-refractivity contribution >= 4 is 0 Å². The summed E-state index contributed by atoms with van der Waals surface area (Å²) < 4.78 is 48.8. The number of hydrogen-bond donors (Lipinski definition) is 14. The van der Waals surface area contributed by atoms with Crippen LogP contribution in [0.1, 0.15) is 120 Å². The van der Waals surface area contributed by atoms with E-state index in [4.69, 9.17) is 37.9 Å². The minimum Gasteiger partial charge on any atom is -0.394 e. The molecule has 4 heterocycles. The van der Waals surface area contributed by atoms with E-state index in [1.165, 1.54) is 6.92 Å². The molecule has 440 valence electrons. The summed E-state index contributed by atoms with van der Waals surface area (Å²) in [6.45, 7) is 17.0. The molecule has 4 saturated carbocycles. The van der Waals surface area contributed by atoms with Gasteiger partial charge >= 0.3 is 0 Å². The summed E-state index contributed by atoms with van der Waals surface area (Å²) in [6, 6.07) is 0. The average Bonchev–Trinajstić information content (AvgIpc) is 3.95. The molecule has 8 fully saturated rings. The number of aliphatic hydroxyl groups is 14. The van der Waals surface area contributed by atoms with Gasteiger partial charge in [0.15, 0.2) is 25.2 Å². The molecule has 0 amide bonds. The minimum absolute atomic E-state index is 0.0773. The molecule has 0 aromatic heterocycles. The predicted molar refractivity (Wildman–Crippen MR) is 265 cm³/mol. The molecule has 0 aromatic rings. The monoisotopic (exact) mass is 1090 g/mol. The lowest BCUT2D eigenvalue weighted by molar-refractivity contribution is -0.372. The van der Waals surface area contributed by atoms with Crippen molar-refractivity contribution in [2.75, 3.05) is 19.8 Å². The summed E-state index contributed by atoms with van der Waals surface area (Å²) in [5.74, 6) is -0.208. The molecular formula is C54H92O22. The Balaban J connectivity index is 0.966. The third-order valence-corrected chi connectivity index (χ3v) is 20.9. The van der Waals surface area contributed by atoms with Crippen LogP contribution in [0.2, 0.25) is 0 Å². The highest BCUT2D eigenvalue weighted by Gasteiger charge is 2.72. The first-order valence-electron chi connectivity index (χ1n) is 27.7. The van der Waals surface area contributed by atoms with E-state index in [1.54, 1.807) is 0 Å². The number of aliphatic hydroxyl groups excluding tert-OH is 14. The summed E-state index contributed by atoms with van der Waals surface area (Å²) in [4.78, 5) is 0. The van der Waals surface area contributed by atoms with Crippen LogP contribution in [0.25, 0.3) is 0 Å². The van der Waals surface area contributed by atoms with Crippen LogP contribution in [0.15, 0.2) is 11.6 Å². The molecule has 4 aliphatic carbocycles. The Hall–Kier alpha value is -1.14. The molecule has 8 aliphatic rings. The van der Waals surface area contributed by atoms with Crippen LogP contribution in [0, 0.1) is 45.3 Å². The second kappa shape index (κ2) is 22.9. The third-order valence-electron chi connectivity index (χ3n) is 20.9. The lowest BCUT2D eigenvalue weighted by Gasteiger charge is -2.71. The molecule has 22 heteroatoms. The number of hydrogen-bond acceptors (Lipinski definition) is 22. The Morgan fingerprint density at radius 2 is 1.12 bits per heavy atom. The fraction of sp³-hybridized carbons (Fsp3) is 0.963. The zero-order valence-electron chi connectivity index (χ0n) is 45.6. The first-order chi connectivity index (χ1) is 35.5. The first kappa shape index (κ1) is 60.9. The predicted octanol–water partition coefficient (Wildman–Crippen LogP) is -1.17. The van der Waals surface area contributed by atoms with Crippen LogP contribution in [0.4, 0.5) is 0 Å². The highest BCUT2D eigenvalue weighted by molar-refractivity contribution is 5.20. The standard InChI is InChI=1S/C54H92O22/c1-23(2)11-10-15-54(9,76-48-44(68)39(63)36(60)28(21-56)72-48)25-12-17-53(8)33(25)26(57)19-31-51(6)16-14-32(50(4,5)30(51)13-18-52(31,53)7)74-46-42(66)40(64)37(61)29(73-46)22-69-49-45(41(65)34(58)24(3)70-49)75-47-43(67)38(62)35(59)27(20-55)71-47/h11,24-49,55-68H,10,12-22H2,1-9H3. The second-order valence-corrected chi connectivity index (χ2v) is 25.7. The van der Waals surface area contributed by atoms with Gasteiger partial charge in [0.1, 0.15) is 91.6 Å². The van der Waals surface area contributed by atoms with E-state index >= 15 is 0 Å². The van der Waals surface area contributed by atoms with Crippen LogP contribution in [-0.4, -0.2) is 232 Å². The average molecular weight is 1090 g/mol. The second-order valence-electron chi connectivity index (χ2n) is 25.7. The van der Waals surface area contributed by atoms with Gasteiger partial charge in [-0.15, -0.1) is 0 Å². The molecule has 22 nitrogen and oxygen atoms in total. The molecule has 0 aromatic carbocycles. The van der Waals surface area contributed by atoms with Gasteiger partial charge in [-0.25, -0.2) is 0 Å².